The van der Waals surface area contributed by atoms with E-state index < -0.39 is 6.08 Å². The summed E-state index contributed by atoms with van der Waals surface area (Å²) in [4.78, 5) is 0. The van der Waals surface area contributed by atoms with Gasteiger partial charge in [0, 0.05) is 12.3 Å². The average molecular weight is 437 g/mol. The van der Waals surface area contributed by atoms with Crippen molar-refractivity contribution in [3.63, 3.8) is 0 Å². The minimum atomic E-state index is -1.49. The van der Waals surface area contributed by atoms with Crippen LogP contribution in [0.4, 0.5) is 8.78 Å². The maximum atomic E-state index is 12.5. The summed E-state index contributed by atoms with van der Waals surface area (Å²) in [5.41, 5.74) is 0. The van der Waals surface area contributed by atoms with Crippen LogP contribution in [0.5, 0.6) is 0 Å². The largest absolute Gasteiger partial charge is 0.352 e. The van der Waals surface area contributed by atoms with Gasteiger partial charge >= 0.3 is 0 Å². The van der Waals surface area contributed by atoms with Gasteiger partial charge in [-0.25, -0.2) is 0 Å². The third-order valence-electron chi connectivity index (χ3n) is 9.16. The van der Waals surface area contributed by atoms with Gasteiger partial charge in [0.25, 0.3) is 6.08 Å². The summed E-state index contributed by atoms with van der Waals surface area (Å²) < 4.78 is 36.8. The lowest BCUT2D eigenvalue weighted by molar-refractivity contribution is -0.208. The molecule has 2 nitrogen and oxygen atoms in total. The molecule has 0 N–H and O–H groups in total. The maximum absolute atomic E-state index is 12.5. The molecule has 0 spiro atoms. The van der Waals surface area contributed by atoms with E-state index >= 15 is 0 Å². The topological polar surface area (TPSA) is 18.5 Å². The van der Waals surface area contributed by atoms with Crippen molar-refractivity contribution >= 4 is 0 Å². The Morgan fingerprint density at radius 1 is 0.645 bits per heavy atom. The van der Waals surface area contributed by atoms with Crippen LogP contribution in [-0.4, -0.2) is 19.5 Å². The predicted molar refractivity (Wildman–Crippen MR) is 121 cm³/mol. The van der Waals surface area contributed by atoms with Crippen LogP contribution in [0.15, 0.2) is 24.8 Å². The van der Waals surface area contributed by atoms with Crippen molar-refractivity contribution in [1.29, 1.82) is 0 Å². The summed E-state index contributed by atoms with van der Waals surface area (Å²) in [6.45, 7) is 5.48. The summed E-state index contributed by atoms with van der Waals surface area (Å²) >= 11 is 0. The van der Waals surface area contributed by atoms with E-state index in [1.165, 1.54) is 57.4 Å². The van der Waals surface area contributed by atoms with Crippen LogP contribution >= 0.6 is 0 Å². The second-order valence-corrected chi connectivity index (χ2v) is 10.9. The van der Waals surface area contributed by atoms with Gasteiger partial charge in [0.2, 0.25) is 0 Å². The molecule has 0 atom stereocenters. The molecule has 0 aromatic heterocycles. The van der Waals surface area contributed by atoms with Gasteiger partial charge in [0.1, 0.15) is 0 Å². The third-order valence-corrected chi connectivity index (χ3v) is 9.16. The molecule has 4 fully saturated rings. The predicted octanol–water partition coefficient (Wildman–Crippen LogP) is 7.75. The number of allylic oxidation sites excluding steroid dienone is 1. The molecule has 0 aromatic carbocycles. The van der Waals surface area contributed by atoms with E-state index in [9.17, 15) is 8.78 Å². The first-order chi connectivity index (χ1) is 15.1. The second-order valence-electron chi connectivity index (χ2n) is 10.9. The summed E-state index contributed by atoms with van der Waals surface area (Å²) in [5, 5.41) is 0. The molecule has 0 radical (unpaired) electrons. The smallest absolute Gasteiger partial charge is 0.266 e. The molecule has 1 aliphatic heterocycles. The summed E-state index contributed by atoms with van der Waals surface area (Å²) in [6, 6.07) is 0. The first kappa shape index (κ1) is 23.4. The normalized spacial score (nSPS) is 42.0. The number of hydrogen-bond acceptors (Lipinski definition) is 2. The molecule has 1 saturated heterocycles. The van der Waals surface area contributed by atoms with Gasteiger partial charge in [-0.3, -0.25) is 0 Å². The van der Waals surface area contributed by atoms with Crippen molar-refractivity contribution in [3.8, 4) is 0 Å². The zero-order valence-corrected chi connectivity index (χ0v) is 19.2. The summed E-state index contributed by atoms with van der Waals surface area (Å²) in [5.74, 6) is 4.97. The molecule has 1 heterocycles. The highest BCUT2D eigenvalue weighted by Crippen LogP contribution is 2.47. The average Bonchev–Trinajstić information content (AvgIpc) is 2.80. The fourth-order valence-electron chi connectivity index (χ4n) is 7.24. The third kappa shape index (κ3) is 6.41. The molecule has 176 valence electrons. The van der Waals surface area contributed by atoms with Gasteiger partial charge in [-0.15, -0.1) is 6.58 Å². The Morgan fingerprint density at radius 3 is 1.42 bits per heavy atom. The minimum absolute atomic E-state index is 0.0725. The quantitative estimate of drug-likeness (QED) is 0.396. The second kappa shape index (κ2) is 11.4. The van der Waals surface area contributed by atoms with Gasteiger partial charge in [-0.2, -0.15) is 8.78 Å². The molecule has 3 aliphatic carbocycles. The summed E-state index contributed by atoms with van der Waals surface area (Å²) in [6.07, 6.45) is 17.6. The Labute approximate surface area is 187 Å². The van der Waals surface area contributed by atoms with Crippen molar-refractivity contribution in [1.82, 2.24) is 0 Å². The van der Waals surface area contributed by atoms with Crippen molar-refractivity contribution in [2.75, 3.05) is 13.2 Å². The van der Waals surface area contributed by atoms with Gasteiger partial charge < -0.3 is 9.47 Å². The van der Waals surface area contributed by atoms with Crippen molar-refractivity contribution in [2.24, 2.45) is 41.4 Å². The summed E-state index contributed by atoms with van der Waals surface area (Å²) in [7, 11) is 0. The van der Waals surface area contributed by atoms with Gasteiger partial charge in [-0.05, 0) is 119 Å². The van der Waals surface area contributed by atoms with Crippen molar-refractivity contribution in [2.45, 2.75) is 89.8 Å². The molecule has 0 aromatic rings. The van der Waals surface area contributed by atoms with Crippen LogP contribution in [0.1, 0.15) is 83.5 Å². The van der Waals surface area contributed by atoms with Crippen LogP contribution < -0.4 is 0 Å². The monoisotopic (exact) mass is 436 g/mol. The van der Waals surface area contributed by atoms with Crippen LogP contribution in [0.2, 0.25) is 0 Å². The number of halogens is 2. The highest BCUT2D eigenvalue weighted by molar-refractivity contribution is 4.93. The van der Waals surface area contributed by atoms with Gasteiger partial charge in [0.05, 0.1) is 13.2 Å². The molecule has 4 heteroatoms. The van der Waals surface area contributed by atoms with E-state index in [-0.39, 0.29) is 12.2 Å². The molecular formula is C27H42F2O2. The number of hydrogen-bond donors (Lipinski definition) is 0. The molecule has 0 bridgehead atoms. The molecule has 0 amide bonds. The SMILES string of the molecule is C=CCC1OCC(C2CCC(C3CCC(C4CCC(C=C(F)F)CC4)CC3)CC2)CO1. The van der Waals surface area contributed by atoms with E-state index in [2.05, 4.69) is 6.58 Å². The molecule has 31 heavy (non-hydrogen) atoms. The minimum Gasteiger partial charge on any atom is -0.352 e. The molecule has 0 unspecified atom stereocenters. The highest BCUT2D eigenvalue weighted by Gasteiger charge is 2.37. The number of ether oxygens (including phenoxy) is 2. The van der Waals surface area contributed by atoms with E-state index in [1.54, 1.807) is 0 Å². The Balaban J connectivity index is 1.14. The molecule has 4 aliphatic rings. The fraction of sp³-hybridized carbons (Fsp3) is 0.852. The van der Waals surface area contributed by atoms with E-state index in [1.807, 2.05) is 6.08 Å². The fourth-order valence-corrected chi connectivity index (χ4v) is 7.24. The standard InChI is InChI=1S/C27H42F2O2/c1-2-3-27-30-17-25(18-31-27)24-14-12-23(13-15-24)22-10-8-21(9-11-22)20-6-4-19(5-7-20)16-26(28)29/h2,16,19-25,27H,1,3-15,17-18H2. The van der Waals surface area contributed by atoms with Crippen molar-refractivity contribution in [3.05, 3.63) is 24.8 Å². The van der Waals surface area contributed by atoms with E-state index in [0.29, 0.717) is 5.92 Å². The Hall–Kier alpha value is -0.740. The first-order valence-corrected chi connectivity index (χ1v) is 13.0. The maximum Gasteiger partial charge on any atom is 0.266 e. The molecule has 3 saturated carbocycles. The van der Waals surface area contributed by atoms with Gasteiger partial charge in [0.15, 0.2) is 6.29 Å². The van der Waals surface area contributed by atoms with Crippen LogP contribution in [0, 0.1) is 41.4 Å². The van der Waals surface area contributed by atoms with Crippen LogP contribution in [-0.2, 0) is 9.47 Å². The van der Waals surface area contributed by atoms with Gasteiger partial charge in [-0.1, -0.05) is 6.08 Å². The lowest BCUT2D eigenvalue weighted by Gasteiger charge is -2.42. The first-order valence-electron chi connectivity index (χ1n) is 13.0. The zero-order valence-electron chi connectivity index (χ0n) is 19.2. The Morgan fingerprint density at radius 2 is 1.03 bits per heavy atom. The Bertz CT molecular complexity index is 570. The van der Waals surface area contributed by atoms with Crippen LogP contribution in [0.25, 0.3) is 0 Å². The molecule has 4 rings (SSSR count). The highest BCUT2D eigenvalue weighted by atomic mass is 19.3. The number of rotatable bonds is 6. The van der Waals surface area contributed by atoms with Crippen LogP contribution in [0.3, 0.4) is 0 Å². The Kier molecular flexibility index (Phi) is 8.62. The lowest BCUT2D eigenvalue weighted by Crippen LogP contribution is -2.38. The van der Waals surface area contributed by atoms with Crippen molar-refractivity contribution < 1.29 is 18.3 Å². The van der Waals surface area contributed by atoms with E-state index in [0.717, 1.165) is 74.9 Å². The zero-order chi connectivity index (χ0) is 21.6. The molecular weight excluding hydrogens is 394 g/mol. The van der Waals surface area contributed by atoms with E-state index in [4.69, 9.17) is 9.47 Å². The lowest BCUT2D eigenvalue weighted by atomic mass is 9.64.